The average molecular weight is 447 g/mol. The van der Waals surface area contributed by atoms with Crippen LogP contribution >= 0.6 is 12.4 Å². The molecule has 3 aliphatic heterocycles. The Balaban J connectivity index is 0.00000231. The van der Waals surface area contributed by atoms with E-state index in [9.17, 15) is 9.59 Å². The van der Waals surface area contributed by atoms with Gasteiger partial charge in [0.1, 0.15) is 5.54 Å². The van der Waals surface area contributed by atoms with Gasteiger partial charge in [-0.25, -0.2) is 0 Å². The fourth-order valence-electron chi connectivity index (χ4n) is 6.23. The topological polar surface area (TPSA) is 64.7 Å². The quantitative estimate of drug-likeness (QED) is 0.744. The maximum Gasteiger partial charge on any atom is 0.247 e. The van der Waals surface area contributed by atoms with E-state index in [1.807, 2.05) is 18.2 Å². The normalized spacial score (nSPS) is 30.8. The Bertz CT molecular complexity index is 767. The van der Waals surface area contributed by atoms with Gasteiger partial charge >= 0.3 is 0 Å². The Morgan fingerprint density at radius 2 is 1.71 bits per heavy atom. The summed E-state index contributed by atoms with van der Waals surface area (Å²) in [5.74, 6) is 0.899. The summed E-state index contributed by atoms with van der Waals surface area (Å²) in [6, 6.07) is 11.0. The number of likely N-dealkylation sites (tertiary alicyclic amines) is 1. The van der Waals surface area contributed by atoms with Gasteiger partial charge in [-0.05, 0) is 70.0 Å². The molecule has 1 unspecified atom stereocenters. The summed E-state index contributed by atoms with van der Waals surface area (Å²) in [6.45, 7) is 3.52. The summed E-state index contributed by atoms with van der Waals surface area (Å²) in [6.07, 6.45) is 8.19. The molecule has 5 rings (SSSR count). The molecule has 3 heterocycles. The van der Waals surface area contributed by atoms with Gasteiger partial charge in [-0.15, -0.1) is 12.4 Å². The van der Waals surface area contributed by atoms with E-state index in [1.54, 1.807) is 0 Å². The second-order valence-electron chi connectivity index (χ2n) is 9.55. The van der Waals surface area contributed by atoms with E-state index in [1.165, 1.54) is 0 Å². The van der Waals surface area contributed by atoms with E-state index in [-0.39, 0.29) is 30.3 Å². The van der Waals surface area contributed by atoms with E-state index in [0.717, 1.165) is 76.7 Å². The van der Waals surface area contributed by atoms with Crippen LogP contribution in [0.2, 0.25) is 0 Å². The second kappa shape index (κ2) is 9.47. The minimum atomic E-state index is -0.404. The van der Waals surface area contributed by atoms with Crippen molar-refractivity contribution in [3.8, 4) is 0 Å². The number of anilines is 1. The third kappa shape index (κ3) is 4.22. The third-order valence-corrected chi connectivity index (χ3v) is 8.05. The molecule has 170 valence electrons. The van der Waals surface area contributed by atoms with E-state index in [0.29, 0.717) is 18.5 Å². The lowest BCUT2D eigenvalue weighted by atomic mass is 9.79. The number of hydrogen-bond donors (Lipinski definition) is 2. The first-order chi connectivity index (χ1) is 14.7. The first-order valence-corrected chi connectivity index (χ1v) is 11.8. The first-order valence-electron chi connectivity index (χ1n) is 11.8. The molecule has 1 aliphatic carbocycles. The fourth-order valence-corrected chi connectivity index (χ4v) is 6.23. The van der Waals surface area contributed by atoms with Crippen molar-refractivity contribution in [3.05, 3.63) is 30.3 Å². The standard InChI is InChI=1S/C24H34N4O2.ClH/c29-22(21-7-4-14-25-21)18-8-10-19(11-9-18)27-15-12-24(13-16-27)23(30)26-17-28(24)20-5-2-1-3-6-20;/h1-3,5-6,18-19,21,25H,4,7-17H2,(H,26,30);1H. The molecule has 1 aromatic rings. The number of ketones is 1. The highest BCUT2D eigenvalue weighted by atomic mass is 35.5. The maximum absolute atomic E-state index is 12.8. The van der Waals surface area contributed by atoms with Crippen LogP contribution in [0.25, 0.3) is 0 Å². The Morgan fingerprint density at radius 1 is 1.00 bits per heavy atom. The third-order valence-electron chi connectivity index (χ3n) is 8.05. The van der Waals surface area contributed by atoms with E-state index in [2.05, 4.69) is 32.6 Å². The predicted molar refractivity (Wildman–Crippen MR) is 124 cm³/mol. The molecule has 1 saturated carbocycles. The highest BCUT2D eigenvalue weighted by Gasteiger charge is 2.51. The Labute approximate surface area is 191 Å². The van der Waals surface area contributed by atoms with Crippen molar-refractivity contribution in [1.82, 2.24) is 15.5 Å². The lowest BCUT2D eigenvalue weighted by Gasteiger charge is -2.46. The van der Waals surface area contributed by atoms with Crippen molar-refractivity contribution in [2.24, 2.45) is 5.92 Å². The van der Waals surface area contributed by atoms with Crippen LogP contribution in [0.4, 0.5) is 5.69 Å². The van der Waals surface area contributed by atoms with Crippen molar-refractivity contribution < 1.29 is 9.59 Å². The van der Waals surface area contributed by atoms with Gasteiger partial charge < -0.3 is 20.4 Å². The smallest absolute Gasteiger partial charge is 0.247 e. The molecule has 1 spiro atoms. The number of carbonyl (C=O) groups excluding carboxylic acids is 2. The molecule has 2 N–H and O–H groups in total. The highest BCUT2D eigenvalue weighted by molar-refractivity contribution is 5.93. The number of hydrogen-bond acceptors (Lipinski definition) is 5. The number of benzene rings is 1. The molecule has 1 atom stereocenters. The zero-order chi connectivity index (χ0) is 20.6. The molecular formula is C24H35ClN4O2. The van der Waals surface area contributed by atoms with Gasteiger partial charge in [0.25, 0.3) is 0 Å². The van der Waals surface area contributed by atoms with Gasteiger partial charge in [0.2, 0.25) is 5.91 Å². The fraction of sp³-hybridized carbons (Fsp3) is 0.667. The summed E-state index contributed by atoms with van der Waals surface area (Å²) in [4.78, 5) is 30.4. The average Bonchev–Trinajstić information content (AvgIpc) is 3.44. The molecule has 1 amide bonds. The van der Waals surface area contributed by atoms with Crippen molar-refractivity contribution in [1.29, 1.82) is 0 Å². The first kappa shape index (κ1) is 22.6. The van der Waals surface area contributed by atoms with Gasteiger partial charge in [-0.1, -0.05) is 18.2 Å². The van der Waals surface area contributed by atoms with Crippen molar-refractivity contribution in [2.45, 2.75) is 69.0 Å². The summed E-state index contributed by atoms with van der Waals surface area (Å²) >= 11 is 0. The predicted octanol–water partition coefficient (Wildman–Crippen LogP) is 2.72. The Hall–Kier alpha value is -1.63. The molecule has 4 aliphatic rings. The van der Waals surface area contributed by atoms with Gasteiger partial charge in [-0.2, -0.15) is 0 Å². The van der Waals surface area contributed by atoms with Gasteiger partial charge in [0, 0.05) is 30.7 Å². The lowest BCUT2D eigenvalue weighted by molar-refractivity contribution is -0.127. The van der Waals surface area contributed by atoms with Crippen molar-refractivity contribution in [2.75, 3.05) is 31.2 Å². The number of piperidine rings is 1. The molecule has 0 radical (unpaired) electrons. The molecule has 0 bridgehead atoms. The van der Waals surface area contributed by atoms with Crippen LogP contribution in [0.5, 0.6) is 0 Å². The van der Waals surface area contributed by atoms with Crippen LogP contribution in [0.1, 0.15) is 51.4 Å². The zero-order valence-electron chi connectivity index (χ0n) is 18.2. The largest absolute Gasteiger partial charge is 0.339 e. The summed E-state index contributed by atoms with van der Waals surface area (Å²) in [5, 5.41) is 6.47. The van der Waals surface area contributed by atoms with Gasteiger partial charge in [0.15, 0.2) is 5.78 Å². The number of halogens is 1. The zero-order valence-corrected chi connectivity index (χ0v) is 19.0. The van der Waals surface area contributed by atoms with Crippen LogP contribution in [0.15, 0.2) is 30.3 Å². The van der Waals surface area contributed by atoms with Crippen molar-refractivity contribution in [3.63, 3.8) is 0 Å². The number of carbonyl (C=O) groups is 2. The summed E-state index contributed by atoms with van der Waals surface area (Å²) in [5.41, 5.74) is 0.725. The Morgan fingerprint density at radius 3 is 2.35 bits per heavy atom. The second-order valence-corrected chi connectivity index (χ2v) is 9.55. The molecule has 1 aromatic carbocycles. The molecule has 31 heavy (non-hydrogen) atoms. The van der Waals surface area contributed by atoms with Crippen LogP contribution < -0.4 is 15.5 Å². The summed E-state index contributed by atoms with van der Waals surface area (Å²) in [7, 11) is 0. The lowest BCUT2D eigenvalue weighted by Crippen LogP contribution is -2.58. The number of amides is 1. The Kier molecular flexibility index (Phi) is 6.89. The number of nitrogens with zero attached hydrogens (tertiary/aromatic N) is 2. The molecule has 4 fully saturated rings. The maximum atomic E-state index is 12.8. The van der Waals surface area contributed by atoms with Crippen LogP contribution in [0.3, 0.4) is 0 Å². The monoisotopic (exact) mass is 446 g/mol. The molecule has 7 heteroatoms. The molecular weight excluding hydrogens is 412 g/mol. The van der Waals surface area contributed by atoms with E-state index >= 15 is 0 Å². The van der Waals surface area contributed by atoms with Crippen LogP contribution in [-0.2, 0) is 9.59 Å². The van der Waals surface area contributed by atoms with E-state index in [4.69, 9.17) is 0 Å². The minimum absolute atomic E-state index is 0. The van der Waals surface area contributed by atoms with Gasteiger partial charge in [-0.3, -0.25) is 9.59 Å². The minimum Gasteiger partial charge on any atom is -0.339 e. The number of rotatable bonds is 4. The summed E-state index contributed by atoms with van der Waals surface area (Å²) < 4.78 is 0. The van der Waals surface area contributed by atoms with Gasteiger partial charge in [0.05, 0.1) is 12.7 Å². The number of para-hydroxylation sites is 1. The highest BCUT2D eigenvalue weighted by Crippen LogP contribution is 2.38. The molecule has 0 aromatic heterocycles. The van der Waals surface area contributed by atoms with Crippen LogP contribution in [-0.4, -0.2) is 60.5 Å². The molecule has 3 saturated heterocycles. The molecule has 6 nitrogen and oxygen atoms in total. The SMILES string of the molecule is Cl.O=C(C1CCC(N2CCC3(CC2)C(=O)NCN3c2ccccc2)CC1)C1CCCN1. The van der Waals surface area contributed by atoms with Crippen LogP contribution in [0, 0.1) is 5.92 Å². The number of Topliss-reactive ketones (excluding diaryl/α,β-unsaturated/α-hetero) is 1. The van der Waals surface area contributed by atoms with E-state index < -0.39 is 5.54 Å². The van der Waals surface area contributed by atoms with Crippen molar-refractivity contribution >= 4 is 29.8 Å². The number of nitrogens with one attached hydrogen (secondary N) is 2.